The fraction of sp³-hybridized carbons (Fsp3) is 0.100. The Kier molecular flexibility index (Phi) is 3.76. The van der Waals surface area contributed by atoms with Gasteiger partial charge in [-0.15, -0.1) is 5.10 Å². The molecule has 1 aromatic carbocycles. The zero-order valence-electron chi connectivity index (χ0n) is 9.70. The Hall–Kier alpha value is -1.61. The van der Waals surface area contributed by atoms with E-state index in [0.717, 1.165) is 11.8 Å². The molecule has 1 aromatic heterocycles. The molecular formula is C10H9BrFN5OS. The normalized spacial score (nSPS) is 10.7. The Morgan fingerprint density at radius 1 is 1.63 bits per heavy atom. The highest BCUT2D eigenvalue weighted by Gasteiger charge is 2.16. The van der Waals surface area contributed by atoms with Crippen LogP contribution in [0.25, 0.3) is 0 Å². The summed E-state index contributed by atoms with van der Waals surface area (Å²) in [6.45, 7) is 0. The second kappa shape index (κ2) is 5.17. The van der Waals surface area contributed by atoms with Crippen molar-refractivity contribution in [3.63, 3.8) is 0 Å². The minimum absolute atomic E-state index is 0.116. The number of aromatic amines is 1. The quantitative estimate of drug-likeness (QED) is 0.578. The standard InChI is InChI=1S/C10H9BrFN5OS/c1-17-9(18)15-16-10(17)19-5-3-2-4(8(13)14)6(11)7(5)12/h2-3H,1H3,(H3,13,14)(H,15,18). The predicted octanol–water partition coefficient (Wildman–Crippen LogP) is 1.45. The van der Waals surface area contributed by atoms with Crippen LogP contribution in [-0.4, -0.2) is 20.6 Å². The lowest BCUT2D eigenvalue weighted by atomic mass is 10.2. The van der Waals surface area contributed by atoms with Crippen molar-refractivity contribution in [1.29, 1.82) is 5.41 Å². The summed E-state index contributed by atoms with van der Waals surface area (Å²) in [5.41, 5.74) is 5.23. The predicted molar refractivity (Wildman–Crippen MR) is 73.1 cm³/mol. The lowest BCUT2D eigenvalue weighted by Gasteiger charge is -2.07. The average Bonchev–Trinajstić information content (AvgIpc) is 2.66. The van der Waals surface area contributed by atoms with Crippen molar-refractivity contribution >= 4 is 33.5 Å². The summed E-state index contributed by atoms with van der Waals surface area (Å²) in [5, 5.41) is 13.7. The SMILES string of the molecule is Cn1c(Sc2ccc(C(=N)N)c(Br)c2F)n[nH]c1=O. The second-order valence-corrected chi connectivity index (χ2v) is 5.43. The largest absolute Gasteiger partial charge is 0.384 e. The topological polar surface area (TPSA) is 101 Å². The maximum Gasteiger partial charge on any atom is 0.343 e. The molecule has 100 valence electrons. The zero-order valence-corrected chi connectivity index (χ0v) is 12.1. The minimum Gasteiger partial charge on any atom is -0.384 e. The van der Waals surface area contributed by atoms with Gasteiger partial charge in [0.05, 0.1) is 9.37 Å². The van der Waals surface area contributed by atoms with Crippen molar-refractivity contribution in [2.24, 2.45) is 12.8 Å². The first-order valence-electron chi connectivity index (χ1n) is 5.03. The van der Waals surface area contributed by atoms with Crippen LogP contribution in [0, 0.1) is 11.2 Å². The van der Waals surface area contributed by atoms with E-state index in [0.29, 0.717) is 5.16 Å². The lowest BCUT2D eigenvalue weighted by Crippen LogP contribution is -2.13. The van der Waals surface area contributed by atoms with E-state index in [9.17, 15) is 9.18 Å². The van der Waals surface area contributed by atoms with E-state index >= 15 is 0 Å². The number of nitrogens with two attached hydrogens (primary N) is 1. The van der Waals surface area contributed by atoms with Gasteiger partial charge in [0.15, 0.2) is 11.0 Å². The van der Waals surface area contributed by atoms with Crippen molar-refractivity contribution in [3.8, 4) is 0 Å². The summed E-state index contributed by atoms with van der Waals surface area (Å²) in [6, 6.07) is 3.02. The number of benzene rings is 1. The Bertz CT molecular complexity index is 710. The summed E-state index contributed by atoms with van der Waals surface area (Å²) in [6.07, 6.45) is 0. The number of H-pyrrole nitrogens is 1. The molecule has 0 unspecified atom stereocenters. The average molecular weight is 346 g/mol. The summed E-state index contributed by atoms with van der Waals surface area (Å²) in [4.78, 5) is 11.5. The van der Waals surface area contributed by atoms with Crippen molar-refractivity contribution in [2.45, 2.75) is 10.1 Å². The third-order valence-corrected chi connectivity index (χ3v) is 4.24. The van der Waals surface area contributed by atoms with E-state index < -0.39 is 5.82 Å². The van der Waals surface area contributed by atoms with Gasteiger partial charge in [-0.3, -0.25) is 9.98 Å². The van der Waals surface area contributed by atoms with Crippen molar-refractivity contribution in [1.82, 2.24) is 14.8 Å². The molecule has 2 rings (SSSR count). The molecule has 0 radical (unpaired) electrons. The van der Waals surface area contributed by atoms with Gasteiger partial charge in [0.25, 0.3) is 0 Å². The van der Waals surface area contributed by atoms with Gasteiger partial charge in [0.1, 0.15) is 5.84 Å². The van der Waals surface area contributed by atoms with Gasteiger partial charge in [-0.2, -0.15) is 0 Å². The Labute approximate surface area is 119 Å². The van der Waals surface area contributed by atoms with Gasteiger partial charge in [-0.25, -0.2) is 14.3 Å². The van der Waals surface area contributed by atoms with E-state index in [1.165, 1.54) is 23.7 Å². The molecule has 0 atom stereocenters. The van der Waals surface area contributed by atoms with Crippen LogP contribution >= 0.6 is 27.7 Å². The minimum atomic E-state index is -0.548. The Balaban J connectivity index is 2.42. The van der Waals surface area contributed by atoms with Crippen LogP contribution in [0.2, 0.25) is 0 Å². The molecule has 0 aliphatic heterocycles. The van der Waals surface area contributed by atoms with Gasteiger partial charge >= 0.3 is 5.69 Å². The van der Waals surface area contributed by atoms with E-state index in [2.05, 4.69) is 26.1 Å². The summed E-state index contributed by atoms with van der Waals surface area (Å²) in [5.74, 6) is -0.775. The van der Waals surface area contributed by atoms with Crippen LogP contribution in [0.4, 0.5) is 4.39 Å². The summed E-state index contributed by atoms with van der Waals surface area (Å²) >= 11 is 4.06. The molecular weight excluding hydrogens is 337 g/mol. The van der Waals surface area contributed by atoms with Crippen LogP contribution in [0.15, 0.2) is 31.5 Å². The van der Waals surface area contributed by atoms with Crippen LogP contribution in [0.3, 0.4) is 0 Å². The molecule has 2 aromatic rings. The van der Waals surface area contributed by atoms with Crippen molar-refractivity contribution < 1.29 is 4.39 Å². The molecule has 0 spiro atoms. The van der Waals surface area contributed by atoms with Crippen molar-refractivity contribution in [2.75, 3.05) is 0 Å². The molecule has 9 heteroatoms. The van der Waals surface area contributed by atoms with Crippen LogP contribution < -0.4 is 11.4 Å². The summed E-state index contributed by atoms with van der Waals surface area (Å²) < 4.78 is 15.5. The van der Waals surface area contributed by atoms with E-state index in [-0.39, 0.29) is 26.5 Å². The smallest absolute Gasteiger partial charge is 0.343 e. The Morgan fingerprint density at radius 3 is 2.84 bits per heavy atom. The second-order valence-electron chi connectivity index (χ2n) is 3.63. The molecule has 0 saturated carbocycles. The highest BCUT2D eigenvalue weighted by atomic mass is 79.9. The Morgan fingerprint density at radius 2 is 2.32 bits per heavy atom. The first-order chi connectivity index (χ1) is 8.91. The molecule has 6 nitrogen and oxygen atoms in total. The van der Waals surface area contributed by atoms with Gasteiger partial charge in [-0.1, -0.05) is 0 Å². The van der Waals surface area contributed by atoms with Gasteiger partial charge in [0.2, 0.25) is 0 Å². The molecule has 0 aliphatic carbocycles. The maximum atomic E-state index is 14.1. The molecule has 4 N–H and O–H groups in total. The molecule has 0 saturated heterocycles. The third kappa shape index (κ3) is 2.56. The molecule has 19 heavy (non-hydrogen) atoms. The number of hydrogen-bond donors (Lipinski definition) is 3. The van der Waals surface area contributed by atoms with Crippen LogP contribution in [0.1, 0.15) is 5.56 Å². The number of aromatic nitrogens is 3. The zero-order chi connectivity index (χ0) is 14.2. The van der Waals surface area contributed by atoms with Crippen LogP contribution in [-0.2, 0) is 7.05 Å². The highest BCUT2D eigenvalue weighted by molar-refractivity contribution is 9.10. The maximum absolute atomic E-state index is 14.1. The highest BCUT2D eigenvalue weighted by Crippen LogP contribution is 2.32. The van der Waals surface area contributed by atoms with E-state index in [1.54, 1.807) is 0 Å². The van der Waals surface area contributed by atoms with E-state index in [4.69, 9.17) is 11.1 Å². The molecule has 1 heterocycles. The third-order valence-electron chi connectivity index (χ3n) is 2.38. The van der Waals surface area contributed by atoms with Crippen molar-refractivity contribution in [3.05, 3.63) is 38.5 Å². The number of nitrogens with zero attached hydrogens (tertiary/aromatic N) is 2. The molecule has 0 aliphatic rings. The molecule has 0 bridgehead atoms. The van der Waals surface area contributed by atoms with Gasteiger partial charge in [-0.05, 0) is 39.8 Å². The number of hydrogen-bond acceptors (Lipinski definition) is 4. The first-order valence-corrected chi connectivity index (χ1v) is 6.64. The molecule has 0 fully saturated rings. The number of amidine groups is 1. The van der Waals surface area contributed by atoms with Gasteiger partial charge in [0, 0.05) is 12.6 Å². The van der Waals surface area contributed by atoms with Crippen LogP contribution in [0.5, 0.6) is 0 Å². The lowest BCUT2D eigenvalue weighted by molar-refractivity contribution is 0.594. The first kappa shape index (κ1) is 13.8. The number of nitrogen functional groups attached to an aromatic ring is 1. The number of nitrogens with one attached hydrogen (secondary N) is 2. The summed E-state index contributed by atoms with van der Waals surface area (Å²) in [7, 11) is 1.53. The monoisotopic (exact) mass is 345 g/mol. The fourth-order valence-corrected chi connectivity index (χ4v) is 2.87. The molecule has 0 amide bonds. The number of rotatable bonds is 3. The van der Waals surface area contributed by atoms with E-state index in [1.807, 2.05) is 0 Å². The van der Waals surface area contributed by atoms with Gasteiger partial charge < -0.3 is 5.73 Å². The fourth-order valence-electron chi connectivity index (χ4n) is 1.34. The number of halogens is 2.